The van der Waals surface area contributed by atoms with Gasteiger partial charge in [-0.15, -0.1) is 0 Å². The lowest BCUT2D eigenvalue weighted by molar-refractivity contribution is 0.859. The third kappa shape index (κ3) is 4.16. The molecule has 0 radical (unpaired) electrons. The Morgan fingerprint density at radius 1 is 1.31 bits per heavy atom. The first-order chi connectivity index (χ1) is 7.77. The van der Waals surface area contributed by atoms with Crippen molar-refractivity contribution in [2.45, 2.75) is 13.3 Å². The summed E-state index contributed by atoms with van der Waals surface area (Å²) < 4.78 is 0. The summed E-state index contributed by atoms with van der Waals surface area (Å²) in [6, 6.07) is 9.88. The first-order valence-electron chi connectivity index (χ1n) is 5.57. The molecule has 0 aliphatic heterocycles. The Labute approximate surface area is 102 Å². The van der Waals surface area contributed by atoms with E-state index in [1.807, 2.05) is 36.0 Å². The molecule has 0 aliphatic carbocycles. The van der Waals surface area contributed by atoms with E-state index in [-0.39, 0.29) is 0 Å². The van der Waals surface area contributed by atoms with E-state index in [2.05, 4.69) is 24.9 Å². The molecule has 0 heterocycles. The summed E-state index contributed by atoms with van der Waals surface area (Å²) in [5.41, 5.74) is 1.90. The molecule has 0 bridgehead atoms. The second-order valence-corrected chi connectivity index (χ2v) is 5.02. The van der Waals surface area contributed by atoms with Crippen LogP contribution in [0.15, 0.2) is 24.3 Å². The van der Waals surface area contributed by atoms with Crippen LogP contribution in [0.2, 0.25) is 0 Å². The number of anilines is 1. The lowest BCUT2D eigenvalue weighted by Gasteiger charge is -2.18. The van der Waals surface area contributed by atoms with Gasteiger partial charge in [0, 0.05) is 19.3 Å². The molecular weight excluding hydrogens is 216 g/mol. The van der Waals surface area contributed by atoms with Crippen LogP contribution in [0, 0.1) is 11.3 Å². The number of rotatable bonds is 6. The van der Waals surface area contributed by atoms with Crippen molar-refractivity contribution in [1.82, 2.24) is 0 Å². The Kier molecular flexibility index (Phi) is 5.81. The minimum atomic E-state index is 0.721. The van der Waals surface area contributed by atoms with Crippen molar-refractivity contribution < 1.29 is 0 Å². The number of thioether (sulfide) groups is 1. The largest absolute Gasteiger partial charge is 0.375 e. The summed E-state index contributed by atoms with van der Waals surface area (Å²) in [5, 5.41) is 8.70. The molecule has 1 aromatic rings. The van der Waals surface area contributed by atoms with Crippen molar-refractivity contribution in [3.05, 3.63) is 29.8 Å². The highest BCUT2D eigenvalue weighted by Crippen LogP contribution is 2.14. The molecule has 0 aliphatic rings. The first-order valence-corrected chi connectivity index (χ1v) is 6.72. The van der Waals surface area contributed by atoms with Crippen LogP contribution in [0.1, 0.15) is 18.9 Å². The molecule has 0 amide bonds. The fourth-order valence-electron chi connectivity index (χ4n) is 1.47. The van der Waals surface area contributed by atoms with Gasteiger partial charge < -0.3 is 4.90 Å². The van der Waals surface area contributed by atoms with Crippen LogP contribution in [-0.2, 0) is 0 Å². The molecule has 3 heteroatoms. The van der Waals surface area contributed by atoms with Gasteiger partial charge in [0.1, 0.15) is 0 Å². The summed E-state index contributed by atoms with van der Waals surface area (Å²) in [5.74, 6) is 2.41. The van der Waals surface area contributed by atoms with Gasteiger partial charge in [-0.05, 0) is 42.2 Å². The van der Waals surface area contributed by atoms with E-state index in [0.29, 0.717) is 0 Å². The van der Waals surface area contributed by atoms with Crippen molar-refractivity contribution in [2.75, 3.05) is 30.0 Å². The summed E-state index contributed by atoms with van der Waals surface area (Å²) in [7, 11) is 2.10. The average Bonchev–Trinajstić information content (AvgIpc) is 2.34. The maximum atomic E-state index is 8.70. The minimum absolute atomic E-state index is 0.721. The Hall–Kier alpha value is -1.14. The van der Waals surface area contributed by atoms with Crippen molar-refractivity contribution in [2.24, 2.45) is 0 Å². The maximum absolute atomic E-state index is 8.70. The van der Waals surface area contributed by atoms with Crippen molar-refractivity contribution in [3.8, 4) is 6.07 Å². The molecule has 0 unspecified atom stereocenters. The molecule has 0 atom stereocenters. The Balaban J connectivity index is 2.40. The molecular formula is C13H18N2S. The Bertz CT molecular complexity index is 340. The number of nitrogens with zero attached hydrogens (tertiary/aromatic N) is 2. The SMILES string of the molecule is CCSCCCN(C)c1ccc(C#N)cc1. The van der Waals surface area contributed by atoms with E-state index >= 15 is 0 Å². The molecule has 16 heavy (non-hydrogen) atoms. The highest BCUT2D eigenvalue weighted by Gasteiger charge is 2.00. The van der Waals surface area contributed by atoms with Crippen molar-refractivity contribution in [3.63, 3.8) is 0 Å². The van der Waals surface area contributed by atoms with E-state index in [1.165, 1.54) is 23.6 Å². The molecule has 0 saturated heterocycles. The monoisotopic (exact) mass is 234 g/mol. The zero-order valence-electron chi connectivity index (χ0n) is 9.94. The predicted molar refractivity (Wildman–Crippen MR) is 72.0 cm³/mol. The summed E-state index contributed by atoms with van der Waals surface area (Å²) in [6.07, 6.45) is 1.20. The summed E-state index contributed by atoms with van der Waals surface area (Å²) in [6.45, 7) is 3.26. The number of hydrogen-bond acceptors (Lipinski definition) is 3. The topological polar surface area (TPSA) is 27.0 Å². The highest BCUT2D eigenvalue weighted by molar-refractivity contribution is 7.99. The molecule has 0 spiro atoms. The van der Waals surface area contributed by atoms with Crippen LogP contribution in [0.25, 0.3) is 0 Å². The van der Waals surface area contributed by atoms with Gasteiger partial charge in [0.15, 0.2) is 0 Å². The van der Waals surface area contributed by atoms with Gasteiger partial charge >= 0.3 is 0 Å². The molecule has 2 nitrogen and oxygen atoms in total. The predicted octanol–water partition coefficient (Wildman–Crippen LogP) is 3.14. The van der Waals surface area contributed by atoms with Crippen molar-refractivity contribution in [1.29, 1.82) is 5.26 Å². The van der Waals surface area contributed by atoms with Gasteiger partial charge in [-0.3, -0.25) is 0 Å². The van der Waals surface area contributed by atoms with E-state index < -0.39 is 0 Å². The molecule has 0 aromatic heterocycles. The van der Waals surface area contributed by atoms with Crippen LogP contribution in [0.5, 0.6) is 0 Å². The van der Waals surface area contributed by atoms with Crippen LogP contribution in [-0.4, -0.2) is 25.1 Å². The van der Waals surface area contributed by atoms with E-state index in [0.717, 1.165) is 12.1 Å². The van der Waals surface area contributed by atoms with Gasteiger partial charge in [-0.25, -0.2) is 0 Å². The number of hydrogen-bond donors (Lipinski definition) is 0. The summed E-state index contributed by atoms with van der Waals surface area (Å²) >= 11 is 1.98. The average molecular weight is 234 g/mol. The molecule has 1 aromatic carbocycles. The third-order valence-electron chi connectivity index (χ3n) is 2.42. The number of nitriles is 1. The molecule has 0 N–H and O–H groups in total. The van der Waals surface area contributed by atoms with E-state index in [9.17, 15) is 0 Å². The molecule has 0 saturated carbocycles. The lowest BCUT2D eigenvalue weighted by Crippen LogP contribution is -2.18. The second kappa shape index (κ2) is 7.19. The normalized spacial score (nSPS) is 9.81. The quantitative estimate of drug-likeness (QED) is 0.708. The maximum Gasteiger partial charge on any atom is 0.0991 e. The zero-order valence-corrected chi connectivity index (χ0v) is 10.8. The standard InChI is InChI=1S/C13H18N2S/c1-3-16-10-4-9-15(2)13-7-5-12(11-14)6-8-13/h5-8H,3-4,9-10H2,1-2H3. The third-order valence-corrected chi connectivity index (χ3v) is 3.41. The van der Waals surface area contributed by atoms with Gasteiger partial charge in [0.2, 0.25) is 0 Å². The number of benzene rings is 1. The van der Waals surface area contributed by atoms with E-state index in [4.69, 9.17) is 5.26 Å². The Morgan fingerprint density at radius 3 is 2.56 bits per heavy atom. The fourth-order valence-corrected chi connectivity index (χ4v) is 2.09. The highest BCUT2D eigenvalue weighted by atomic mass is 32.2. The fraction of sp³-hybridized carbons (Fsp3) is 0.462. The van der Waals surface area contributed by atoms with Crippen LogP contribution < -0.4 is 4.90 Å². The molecule has 0 fully saturated rings. The van der Waals surface area contributed by atoms with Crippen molar-refractivity contribution >= 4 is 17.4 Å². The van der Waals surface area contributed by atoms with Gasteiger partial charge in [0.05, 0.1) is 11.6 Å². The smallest absolute Gasteiger partial charge is 0.0991 e. The van der Waals surface area contributed by atoms with Gasteiger partial charge in [-0.1, -0.05) is 6.92 Å². The van der Waals surface area contributed by atoms with Crippen LogP contribution >= 0.6 is 11.8 Å². The Morgan fingerprint density at radius 2 is 2.00 bits per heavy atom. The molecule has 86 valence electrons. The molecule has 1 rings (SSSR count). The first kappa shape index (κ1) is 12.9. The van der Waals surface area contributed by atoms with E-state index in [1.54, 1.807) is 0 Å². The van der Waals surface area contributed by atoms with Crippen LogP contribution in [0.4, 0.5) is 5.69 Å². The zero-order chi connectivity index (χ0) is 11.8. The van der Waals surface area contributed by atoms with Crippen LogP contribution in [0.3, 0.4) is 0 Å². The minimum Gasteiger partial charge on any atom is -0.375 e. The van der Waals surface area contributed by atoms with Gasteiger partial charge in [0.25, 0.3) is 0 Å². The second-order valence-electron chi connectivity index (χ2n) is 3.63. The summed E-state index contributed by atoms with van der Waals surface area (Å²) in [4.78, 5) is 2.23. The lowest BCUT2D eigenvalue weighted by atomic mass is 10.2. The van der Waals surface area contributed by atoms with Gasteiger partial charge in [-0.2, -0.15) is 17.0 Å².